The SMILES string of the molecule is O=C(CCCNC(=O)C1CC1)Nc1ccc(F)c(Br)c1. The van der Waals surface area contributed by atoms with Gasteiger partial charge in [-0.05, 0) is 53.4 Å². The molecule has 2 rings (SSSR count). The molecule has 20 heavy (non-hydrogen) atoms. The summed E-state index contributed by atoms with van der Waals surface area (Å²) in [5.41, 5.74) is 0.547. The van der Waals surface area contributed by atoms with Gasteiger partial charge in [0.05, 0.1) is 4.47 Å². The zero-order chi connectivity index (χ0) is 14.5. The number of amides is 2. The van der Waals surface area contributed by atoms with E-state index in [-0.39, 0.29) is 23.5 Å². The van der Waals surface area contributed by atoms with Crippen molar-refractivity contribution in [2.45, 2.75) is 25.7 Å². The summed E-state index contributed by atoms with van der Waals surface area (Å²) < 4.78 is 13.3. The lowest BCUT2D eigenvalue weighted by Crippen LogP contribution is -2.26. The van der Waals surface area contributed by atoms with Crippen LogP contribution in [0.5, 0.6) is 0 Å². The van der Waals surface area contributed by atoms with Gasteiger partial charge >= 0.3 is 0 Å². The van der Waals surface area contributed by atoms with Crippen molar-refractivity contribution < 1.29 is 14.0 Å². The summed E-state index contributed by atoms with van der Waals surface area (Å²) in [6.07, 6.45) is 2.87. The molecule has 0 aromatic heterocycles. The molecule has 1 aromatic carbocycles. The first-order valence-corrected chi connectivity index (χ1v) is 7.38. The third-order valence-corrected chi connectivity index (χ3v) is 3.64. The normalized spacial score (nSPS) is 13.9. The highest BCUT2D eigenvalue weighted by atomic mass is 79.9. The van der Waals surface area contributed by atoms with E-state index >= 15 is 0 Å². The zero-order valence-electron chi connectivity index (χ0n) is 10.9. The zero-order valence-corrected chi connectivity index (χ0v) is 12.5. The molecule has 1 fully saturated rings. The number of rotatable bonds is 6. The lowest BCUT2D eigenvalue weighted by atomic mass is 10.2. The smallest absolute Gasteiger partial charge is 0.224 e. The molecule has 0 heterocycles. The fourth-order valence-electron chi connectivity index (χ4n) is 1.75. The van der Waals surface area contributed by atoms with E-state index in [1.807, 2.05) is 0 Å². The van der Waals surface area contributed by atoms with Crippen molar-refractivity contribution in [1.29, 1.82) is 0 Å². The Morgan fingerprint density at radius 1 is 1.35 bits per heavy atom. The highest BCUT2D eigenvalue weighted by Gasteiger charge is 2.28. The number of hydrogen-bond acceptors (Lipinski definition) is 2. The van der Waals surface area contributed by atoms with Gasteiger partial charge in [-0.15, -0.1) is 0 Å². The summed E-state index contributed by atoms with van der Waals surface area (Å²) >= 11 is 3.06. The highest BCUT2D eigenvalue weighted by molar-refractivity contribution is 9.10. The van der Waals surface area contributed by atoms with Gasteiger partial charge in [-0.1, -0.05) is 0 Å². The van der Waals surface area contributed by atoms with E-state index in [4.69, 9.17) is 0 Å². The summed E-state index contributed by atoms with van der Waals surface area (Å²) in [6, 6.07) is 4.31. The van der Waals surface area contributed by atoms with E-state index in [2.05, 4.69) is 26.6 Å². The van der Waals surface area contributed by atoms with Crippen molar-refractivity contribution in [1.82, 2.24) is 5.32 Å². The van der Waals surface area contributed by atoms with Crippen molar-refractivity contribution in [3.63, 3.8) is 0 Å². The molecular weight excluding hydrogens is 327 g/mol. The summed E-state index contributed by atoms with van der Waals surface area (Å²) in [5, 5.41) is 5.49. The van der Waals surface area contributed by atoms with E-state index in [0.717, 1.165) is 12.8 Å². The topological polar surface area (TPSA) is 58.2 Å². The molecule has 0 unspecified atom stereocenters. The van der Waals surface area contributed by atoms with Crippen LogP contribution < -0.4 is 10.6 Å². The predicted octanol–water partition coefficient (Wildman–Crippen LogP) is 2.83. The van der Waals surface area contributed by atoms with Crippen molar-refractivity contribution in [2.24, 2.45) is 5.92 Å². The van der Waals surface area contributed by atoms with Gasteiger partial charge in [0.1, 0.15) is 5.82 Å². The Hall–Kier alpha value is -1.43. The molecule has 0 atom stereocenters. The van der Waals surface area contributed by atoms with Crippen LogP contribution in [0.4, 0.5) is 10.1 Å². The minimum atomic E-state index is -0.370. The van der Waals surface area contributed by atoms with Crippen LogP contribution in [-0.4, -0.2) is 18.4 Å². The first kappa shape index (κ1) is 15.0. The van der Waals surface area contributed by atoms with Crippen LogP contribution in [0.3, 0.4) is 0 Å². The Balaban J connectivity index is 1.66. The molecule has 2 N–H and O–H groups in total. The van der Waals surface area contributed by atoms with Crippen LogP contribution in [0.1, 0.15) is 25.7 Å². The molecule has 0 radical (unpaired) electrons. The van der Waals surface area contributed by atoms with Crippen LogP contribution in [-0.2, 0) is 9.59 Å². The van der Waals surface area contributed by atoms with E-state index in [1.54, 1.807) is 0 Å². The molecule has 108 valence electrons. The summed E-state index contributed by atoms with van der Waals surface area (Å²) in [7, 11) is 0. The minimum Gasteiger partial charge on any atom is -0.356 e. The van der Waals surface area contributed by atoms with Crippen molar-refractivity contribution in [3.8, 4) is 0 Å². The van der Waals surface area contributed by atoms with Gasteiger partial charge in [0.15, 0.2) is 0 Å². The fraction of sp³-hybridized carbons (Fsp3) is 0.429. The van der Waals surface area contributed by atoms with Gasteiger partial charge in [-0.3, -0.25) is 9.59 Å². The van der Waals surface area contributed by atoms with Crippen LogP contribution in [0.25, 0.3) is 0 Å². The molecule has 1 aromatic rings. The van der Waals surface area contributed by atoms with E-state index in [0.29, 0.717) is 29.5 Å². The molecule has 0 spiro atoms. The van der Waals surface area contributed by atoms with Crippen LogP contribution in [0.2, 0.25) is 0 Å². The Bertz CT molecular complexity index is 518. The van der Waals surface area contributed by atoms with Crippen molar-refractivity contribution in [2.75, 3.05) is 11.9 Å². The number of hydrogen-bond donors (Lipinski definition) is 2. The highest BCUT2D eigenvalue weighted by Crippen LogP contribution is 2.28. The molecule has 2 amide bonds. The van der Waals surface area contributed by atoms with E-state index in [9.17, 15) is 14.0 Å². The predicted molar refractivity (Wildman–Crippen MR) is 77.7 cm³/mol. The van der Waals surface area contributed by atoms with E-state index < -0.39 is 0 Å². The Kier molecular flexibility index (Phi) is 5.11. The van der Waals surface area contributed by atoms with E-state index in [1.165, 1.54) is 18.2 Å². The minimum absolute atomic E-state index is 0.0906. The average molecular weight is 343 g/mol. The molecule has 0 bridgehead atoms. The molecule has 0 aliphatic heterocycles. The maximum Gasteiger partial charge on any atom is 0.224 e. The second-order valence-electron chi connectivity index (χ2n) is 4.85. The molecule has 1 aliphatic carbocycles. The molecule has 1 saturated carbocycles. The number of carbonyl (C=O) groups is 2. The second-order valence-corrected chi connectivity index (χ2v) is 5.70. The number of carbonyl (C=O) groups excluding carboxylic acids is 2. The monoisotopic (exact) mass is 342 g/mol. The van der Waals surface area contributed by atoms with Gasteiger partial charge in [0.2, 0.25) is 11.8 Å². The Morgan fingerprint density at radius 2 is 2.10 bits per heavy atom. The molecule has 0 saturated heterocycles. The fourth-order valence-corrected chi connectivity index (χ4v) is 2.13. The molecule has 6 heteroatoms. The first-order chi connectivity index (χ1) is 9.56. The third-order valence-electron chi connectivity index (χ3n) is 3.03. The van der Waals surface area contributed by atoms with Crippen LogP contribution >= 0.6 is 15.9 Å². The van der Waals surface area contributed by atoms with Crippen LogP contribution in [0.15, 0.2) is 22.7 Å². The lowest BCUT2D eigenvalue weighted by molar-refractivity contribution is -0.122. The van der Waals surface area contributed by atoms with Gasteiger partial charge in [0, 0.05) is 24.6 Å². The Morgan fingerprint density at radius 3 is 2.75 bits per heavy atom. The summed E-state index contributed by atoms with van der Waals surface area (Å²) in [4.78, 5) is 23.0. The summed E-state index contributed by atoms with van der Waals surface area (Å²) in [5.74, 6) is -0.233. The lowest BCUT2D eigenvalue weighted by Gasteiger charge is -2.07. The number of halogens is 2. The standard InChI is InChI=1S/C14H16BrFN2O2/c15-11-8-10(5-6-12(11)16)18-13(19)2-1-7-17-14(20)9-3-4-9/h5-6,8-9H,1-4,7H2,(H,17,20)(H,18,19). The van der Waals surface area contributed by atoms with Crippen LogP contribution in [0, 0.1) is 11.7 Å². The van der Waals surface area contributed by atoms with Gasteiger partial charge in [0.25, 0.3) is 0 Å². The molecule has 4 nitrogen and oxygen atoms in total. The maximum absolute atomic E-state index is 13.0. The largest absolute Gasteiger partial charge is 0.356 e. The average Bonchev–Trinajstić information content (AvgIpc) is 3.23. The first-order valence-electron chi connectivity index (χ1n) is 6.59. The van der Waals surface area contributed by atoms with Crippen molar-refractivity contribution in [3.05, 3.63) is 28.5 Å². The molecule has 1 aliphatic rings. The maximum atomic E-state index is 13.0. The van der Waals surface area contributed by atoms with Gasteiger partial charge in [-0.25, -0.2) is 4.39 Å². The number of benzene rings is 1. The molecular formula is C14H16BrFN2O2. The number of nitrogens with one attached hydrogen (secondary N) is 2. The van der Waals surface area contributed by atoms with Gasteiger partial charge in [-0.2, -0.15) is 0 Å². The van der Waals surface area contributed by atoms with Gasteiger partial charge < -0.3 is 10.6 Å². The van der Waals surface area contributed by atoms with Crippen molar-refractivity contribution >= 4 is 33.4 Å². The third kappa shape index (κ3) is 4.59. The number of anilines is 1. The Labute approximate surface area is 125 Å². The summed E-state index contributed by atoms with van der Waals surface area (Å²) in [6.45, 7) is 0.510. The quantitative estimate of drug-likeness (QED) is 0.781. The second kappa shape index (κ2) is 6.83.